The molecule has 2 amide bonds. The summed E-state index contributed by atoms with van der Waals surface area (Å²) in [5.41, 5.74) is 4.77. The SMILES string of the molecule is C=C1CCC(N2Cc3cc(N4CCC(N5CCN(c6ccc(-c7cnc8[nH]cc(C(=O)c9c(F)ccc(NS(=O)(=O)N%10CC[C@@H](F)C%10)c9F)c8c7)cc6)CC5)CC4)ccc3C2=O)C(=O)N1. The van der Waals surface area contributed by atoms with Gasteiger partial charge < -0.3 is 25.0 Å². The molecule has 0 spiro atoms. The minimum Gasteiger partial charge on any atom is -0.371 e. The van der Waals surface area contributed by atoms with Crippen molar-refractivity contribution in [3.8, 4) is 11.1 Å². The number of piperidine rings is 2. The zero-order valence-electron chi connectivity index (χ0n) is 35.5. The van der Waals surface area contributed by atoms with E-state index in [1.807, 2.05) is 41.1 Å². The third-order valence-corrected chi connectivity index (χ3v) is 15.1. The molecule has 5 aliphatic heterocycles. The maximum absolute atomic E-state index is 15.8. The number of hydrogen-bond acceptors (Lipinski definition) is 9. The molecule has 0 bridgehead atoms. The number of aromatic amines is 1. The van der Waals surface area contributed by atoms with Crippen molar-refractivity contribution < 1.29 is 36.0 Å². The van der Waals surface area contributed by atoms with Crippen molar-refractivity contribution in [1.29, 1.82) is 0 Å². The van der Waals surface area contributed by atoms with Crippen LogP contribution in [0.5, 0.6) is 0 Å². The van der Waals surface area contributed by atoms with Crippen LogP contribution in [0.2, 0.25) is 0 Å². The number of pyridine rings is 1. The second-order valence-electron chi connectivity index (χ2n) is 17.5. The lowest BCUT2D eigenvalue weighted by atomic mass is 9.99. The van der Waals surface area contributed by atoms with Gasteiger partial charge in [-0.3, -0.25) is 24.0 Å². The number of benzene rings is 3. The lowest BCUT2D eigenvalue weighted by Gasteiger charge is -2.44. The fourth-order valence-corrected chi connectivity index (χ4v) is 11.2. The molecule has 2 atom stereocenters. The molecule has 0 aliphatic carbocycles. The van der Waals surface area contributed by atoms with Crippen LogP contribution in [0.4, 0.5) is 30.2 Å². The third kappa shape index (κ3) is 8.12. The van der Waals surface area contributed by atoms with Gasteiger partial charge in [-0.05, 0) is 91.8 Å². The molecule has 338 valence electrons. The number of fused-ring (bicyclic) bond motifs is 2. The Bertz CT molecular complexity index is 2840. The van der Waals surface area contributed by atoms with Gasteiger partial charge in [-0.15, -0.1) is 0 Å². The first kappa shape index (κ1) is 42.7. The smallest absolute Gasteiger partial charge is 0.301 e. The second-order valence-corrected chi connectivity index (χ2v) is 19.2. The van der Waals surface area contributed by atoms with Crippen molar-refractivity contribution in [3.05, 3.63) is 119 Å². The molecule has 1 unspecified atom stereocenters. The van der Waals surface area contributed by atoms with Crippen molar-refractivity contribution in [2.24, 2.45) is 0 Å². The van der Waals surface area contributed by atoms with Crippen molar-refractivity contribution in [1.82, 2.24) is 29.4 Å². The number of hydrogen-bond donors (Lipinski definition) is 3. The summed E-state index contributed by atoms with van der Waals surface area (Å²) in [5, 5.41) is 3.14. The Labute approximate surface area is 374 Å². The van der Waals surface area contributed by atoms with Crippen LogP contribution in [0.25, 0.3) is 22.2 Å². The fraction of sp³-hybridized carbons (Fsp3) is 0.362. The molecule has 4 fully saturated rings. The highest BCUT2D eigenvalue weighted by molar-refractivity contribution is 7.90. The topological polar surface area (TPSA) is 154 Å². The van der Waals surface area contributed by atoms with Crippen LogP contribution in [0.1, 0.15) is 63.9 Å². The van der Waals surface area contributed by atoms with E-state index in [0.717, 1.165) is 91.0 Å². The minimum absolute atomic E-state index is 0.00549. The molecule has 5 aliphatic rings. The van der Waals surface area contributed by atoms with Crippen LogP contribution in [-0.2, 0) is 21.5 Å². The molecule has 7 heterocycles. The van der Waals surface area contributed by atoms with Gasteiger partial charge in [-0.1, -0.05) is 18.7 Å². The molecule has 0 radical (unpaired) electrons. The van der Waals surface area contributed by atoms with E-state index in [2.05, 4.69) is 42.6 Å². The van der Waals surface area contributed by atoms with Gasteiger partial charge in [0.2, 0.25) is 11.7 Å². The van der Waals surface area contributed by atoms with Gasteiger partial charge in [0.1, 0.15) is 23.7 Å². The summed E-state index contributed by atoms with van der Waals surface area (Å²) in [6, 6.07) is 17.6. The van der Waals surface area contributed by atoms with E-state index in [1.54, 1.807) is 17.2 Å². The maximum atomic E-state index is 15.8. The van der Waals surface area contributed by atoms with E-state index >= 15 is 8.78 Å². The number of amides is 2. The first-order valence-electron chi connectivity index (χ1n) is 22.0. The fourth-order valence-electron chi connectivity index (χ4n) is 9.97. The zero-order chi connectivity index (χ0) is 45.1. The van der Waals surface area contributed by atoms with Gasteiger partial charge >= 0.3 is 10.2 Å². The van der Waals surface area contributed by atoms with Crippen LogP contribution in [0, 0.1) is 11.6 Å². The summed E-state index contributed by atoms with van der Waals surface area (Å²) >= 11 is 0. The van der Waals surface area contributed by atoms with E-state index in [9.17, 15) is 27.2 Å². The van der Waals surface area contributed by atoms with Crippen molar-refractivity contribution in [2.45, 2.75) is 56.9 Å². The predicted molar refractivity (Wildman–Crippen MR) is 241 cm³/mol. The minimum atomic E-state index is -4.35. The molecular weight excluding hydrogens is 860 g/mol. The Morgan fingerprint density at radius 1 is 0.846 bits per heavy atom. The predicted octanol–water partition coefficient (Wildman–Crippen LogP) is 5.98. The van der Waals surface area contributed by atoms with E-state index in [-0.39, 0.29) is 36.9 Å². The van der Waals surface area contributed by atoms with Crippen LogP contribution in [0.3, 0.4) is 0 Å². The largest absolute Gasteiger partial charge is 0.371 e. The van der Waals surface area contributed by atoms with Gasteiger partial charge in [0.15, 0.2) is 5.82 Å². The van der Waals surface area contributed by atoms with E-state index in [4.69, 9.17) is 0 Å². The summed E-state index contributed by atoms with van der Waals surface area (Å²) in [5.74, 6) is -3.79. The Hall–Kier alpha value is -6.24. The lowest BCUT2D eigenvalue weighted by molar-refractivity contribution is -0.126. The summed E-state index contributed by atoms with van der Waals surface area (Å²) in [6.45, 7) is 9.27. The van der Waals surface area contributed by atoms with Gasteiger partial charge in [0, 0.05) is 116 Å². The number of ketones is 1. The Kier molecular flexibility index (Phi) is 11.1. The average molecular weight is 908 g/mol. The lowest BCUT2D eigenvalue weighted by Crippen LogP contribution is -2.53. The number of anilines is 3. The summed E-state index contributed by atoms with van der Waals surface area (Å²) < 4.78 is 73.1. The highest BCUT2D eigenvalue weighted by atomic mass is 32.2. The first-order valence-corrected chi connectivity index (χ1v) is 23.4. The van der Waals surface area contributed by atoms with Crippen molar-refractivity contribution >= 4 is 55.9 Å². The first-order chi connectivity index (χ1) is 31.3. The Morgan fingerprint density at radius 3 is 2.31 bits per heavy atom. The van der Waals surface area contributed by atoms with Gasteiger partial charge in [0.05, 0.1) is 11.3 Å². The normalized spacial score (nSPS) is 21.3. The third-order valence-electron chi connectivity index (χ3n) is 13.6. The standard InChI is InChI=1S/C47H48F3N9O5S/c1-28-2-11-41(46(61)53-28)59-26-31-22-35(7-8-36(31)47(59)62)55-15-13-34(14-16-55)57-20-18-56(19-21-57)33-5-3-29(4-6-33)30-23-37-38(25-52-45(37)51-24-30)44(60)42-39(49)9-10-40(43(42)50)54-65(63,64)58-17-12-32(48)27-58/h3-10,22-25,32,34,41,54H,1-2,11-21,26-27H2,(H,51,52)(H,53,61)/t32-,41?/m1/s1. The molecule has 65 heavy (non-hydrogen) atoms. The van der Waals surface area contributed by atoms with Crippen molar-refractivity contribution in [3.63, 3.8) is 0 Å². The molecule has 0 saturated carbocycles. The summed E-state index contributed by atoms with van der Waals surface area (Å²) in [4.78, 5) is 56.1. The molecule has 18 heteroatoms. The summed E-state index contributed by atoms with van der Waals surface area (Å²) in [6.07, 6.45) is 4.96. The number of piperazine rings is 1. The molecular formula is C47H48F3N9O5S. The van der Waals surface area contributed by atoms with Crippen LogP contribution in [-0.4, -0.2) is 121 Å². The highest BCUT2D eigenvalue weighted by Crippen LogP contribution is 2.34. The zero-order valence-corrected chi connectivity index (χ0v) is 36.4. The van der Waals surface area contributed by atoms with Crippen molar-refractivity contribution in [2.75, 3.05) is 66.9 Å². The maximum Gasteiger partial charge on any atom is 0.301 e. The van der Waals surface area contributed by atoms with Crippen LogP contribution < -0.4 is 19.8 Å². The number of carbonyl (C=O) groups is 3. The number of alkyl halides is 1. The number of carbonyl (C=O) groups excluding carboxylic acids is 3. The molecule has 5 aromatic rings. The molecule has 10 rings (SSSR count). The number of nitrogens with zero attached hydrogens (tertiary/aromatic N) is 6. The van der Waals surface area contributed by atoms with E-state index in [0.29, 0.717) is 53.3 Å². The Balaban J connectivity index is 0.750. The summed E-state index contributed by atoms with van der Waals surface area (Å²) in [7, 11) is -4.35. The average Bonchev–Trinajstić information content (AvgIpc) is 4.04. The highest BCUT2D eigenvalue weighted by Gasteiger charge is 2.39. The number of H-pyrrole nitrogens is 1. The molecule has 3 aromatic carbocycles. The number of nitrogens with one attached hydrogen (secondary N) is 3. The van der Waals surface area contributed by atoms with Gasteiger partial charge in [-0.25, -0.2) is 18.2 Å². The van der Waals surface area contributed by atoms with E-state index in [1.165, 1.54) is 6.20 Å². The number of rotatable bonds is 10. The number of allylic oxidation sites excluding steroid dienone is 1. The molecule has 3 N–H and O–H groups in total. The Morgan fingerprint density at radius 2 is 1.58 bits per heavy atom. The molecule has 4 saturated heterocycles. The quantitative estimate of drug-likeness (QED) is 0.144. The second kappa shape index (κ2) is 17.0. The molecule has 14 nitrogen and oxygen atoms in total. The number of halogens is 3. The molecule has 2 aromatic heterocycles. The van der Waals surface area contributed by atoms with Crippen LogP contribution in [0.15, 0.2) is 85.3 Å². The number of aromatic nitrogens is 2. The van der Waals surface area contributed by atoms with E-state index < -0.39 is 51.1 Å². The van der Waals surface area contributed by atoms with Gasteiger partial charge in [0.25, 0.3) is 5.91 Å². The van der Waals surface area contributed by atoms with Gasteiger partial charge in [-0.2, -0.15) is 12.7 Å². The monoisotopic (exact) mass is 907 g/mol. The van der Waals surface area contributed by atoms with Crippen LogP contribution >= 0.6 is 0 Å².